The number of nitrogens with zero attached hydrogens (tertiary/aromatic N) is 3. The number of aliphatic hydroxyl groups is 1. The molecule has 1 aliphatic carbocycles. The first-order chi connectivity index (χ1) is 13.9. The topological polar surface area (TPSA) is 67.7 Å². The highest BCUT2D eigenvalue weighted by molar-refractivity contribution is 5.33. The fourth-order valence-corrected chi connectivity index (χ4v) is 4.87. The summed E-state index contributed by atoms with van der Waals surface area (Å²) >= 11 is 0. The van der Waals surface area contributed by atoms with Crippen molar-refractivity contribution in [2.45, 2.75) is 31.4 Å². The van der Waals surface area contributed by atoms with Gasteiger partial charge in [-0.3, -0.25) is 4.90 Å². The van der Waals surface area contributed by atoms with Crippen LogP contribution in [-0.2, 0) is 12.1 Å². The first-order valence-electron chi connectivity index (χ1n) is 9.78. The van der Waals surface area contributed by atoms with Crippen LogP contribution in [-0.4, -0.2) is 47.3 Å². The molecule has 0 radical (unpaired) electrons. The van der Waals surface area contributed by atoms with Gasteiger partial charge in [0.15, 0.2) is 0 Å². The zero-order chi connectivity index (χ0) is 20.6. The van der Waals surface area contributed by atoms with Gasteiger partial charge in [-0.1, -0.05) is 6.07 Å². The van der Waals surface area contributed by atoms with Crippen LogP contribution in [0.5, 0.6) is 11.9 Å². The second kappa shape index (κ2) is 7.84. The van der Waals surface area contributed by atoms with Gasteiger partial charge in [0.2, 0.25) is 5.88 Å². The lowest BCUT2D eigenvalue weighted by atomic mass is 9.68. The molecule has 0 spiro atoms. The maximum absolute atomic E-state index is 14.1. The smallest absolute Gasteiger partial charge is 0.319 e. The standard InChI is InChI=1S/C21H25F2N3O3/c1-28-19-16(9-24-20(25-19)29-2)21(27)7-3-4-13-10-26(12-17(13)21)11-14-5-6-15(22)8-18(14)23/h5-6,8-9,13,17,27H,3-4,7,10-12H2,1-2H3. The SMILES string of the molecule is COc1ncc(C2(O)CCCC3CN(Cc4ccc(F)cc4F)CC32)c(OC)n1. The Hall–Kier alpha value is -2.32. The largest absolute Gasteiger partial charge is 0.481 e. The number of hydrogen-bond donors (Lipinski definition) is 1. The number of fused-ring (bicyclic) bond motifs is 1. The Morgan fingerprint density at radius 1 is 1.24 bits per heavy atom. The molecule has 2 fully saturated rings. The van der Waals surface area contributed by atoms with E-state index in [9.17, 15) is 13.9 Å². The van der Waals surface area contributed by atoms with Gasteiger partial charge in [-0.05, 0) is 31.2 Å². The minimum atomic E-state index is -1.13. The molecule has 4 rings (SSSR count). The van der Waals surface area contributed by atoms with E-state index in [2.05, 4.69) is 14.9 Å². The Labute approximate surface area is 168 Å². The molecule has 2 aliphatic rings. The van der Waals surface area contributed by atoms with Crippen LogP contribution in [0.4, 0.5) is 8.78 Å². The molecule has 3 unspecified atom stereocenters. The van der Waals surface area contributed by atoms with Gasteiger partial charge in [-0.25, -0.2) is 13.8 Å². The zero-order valence-corrected chi connectivity index (χ0v) is 16.6. The molecule has 1 saturated heterocycles. The highest BCUT2D eigenvalue weighted by atomic mass is 19.1. The maximum Gasteiger partial charge on any atom is 0.319 e. The summed E-state index contributed by atoms with van der Waals surface area (Å²) in [6.45, 7) is 1.74. The monoisotopic (exact) mass is 405 g/mol. The second-order valence-corrected chi connectivity index (χ2v) is 7.89. The number of aromatic nitrogens is 2. The highest BCUT2D eigenvalue weighted by Gasteiger charge is 2.51. The third kappa shape index (κ3) is 3.67. The van der Waals surface area contributed by atoms with Crippen molar-refractivity contribution in [3.05, 3.63) is 47.2 Å². The third-order valence-electron chi connectivity index (χ3n) is 6.25. The van der Waals surface area contributed by atoms with Crippen LogP contribution in [0, 0.1) is 23.5 Å². The van der Waals surface area contributed by atoms with Gasteiger partial charge in [0.1, 0.15) is 17.2 Å². The first-order valence-corrected chi connectivity index (χ1v) is 9.78. The van der Waals surface area contributed by atoms with E-state index in [1.54, 1.807) is 6.20 Å². The predicted molar refractivity (Wildman–Crippen MR) is 101 cm³/mol. The van der Waals surface area contributed by atoms with E-state index < -0.39 is 17.2 Å². The third-order valence-corrected chi connectivity index (χ3v) is 6.25. The lowest BCUT2D eigenvalue weighted by molar-refractivity contribution is -0.0669. The van der Waals surface area contributed by atoms with Crippen molar-refractivity contribution in [3.63, 3.8) is 0 Å². The molecular formula is C21H25F2N3O3. The van der Waals surface area contributed by atoms with Crippen LogP contribution in [0.25, 0.3) is 0 Å². The Balaban J connectivity index is 1.59. The van der Waals surface area contributed by atoms with Gasteiger partial charge in [-0.15, -0.1) is 0 Å². The van der Waals surface area contributed by atoms with Crippen molar-refractivity contribution in [2.75, 3.05) is 27.3 Å². The molecular weight excluding hydrogens is 380 g/mol. The number of hydrogen-bond acceptors (Lipinski definition) is 6. The fraction of sp³-hybridized carbons (Fsp3) is 0.524. The van der Waals surface area contributed by atoms with Crippen molar-refractivity contribution in [3.8, 4) is 11.9 Å². The Kier molecular flexibility index (Phi) is 5.40. The molecule has 156 valence electrons. The van der Waals surface area contributed by atoms with E-state index in [0.717, 1.165) is 25.5 Å². The maximum atomic E-state index is 14.1. The summed E-state index contributed by atoms with van der Waals surface area (Å²) in [5, 5.41) is 11.7. The second-order valence-electron chi connectivity index (χ2n) is 7.89. The van der Waals surface area contributed by atoms with Gasteiger partial charge in [0.05, 0.1) is 19.8 Å². The molecule has 1 saturated carbocycles. The molecule has 0 amide bonds. The number of ether oxygens (including phenoxy) is 2. The van der Waals surface area contributed by atoms with Crippen LogP contribution in [0.2, 0.25) is 0 Å². The van der Waals surface area contributed by atoms with Gasteiger partial charge in [-0.2, -0.15) is 4.98 Å². The molecule has 8 heteroatoms. The summed E-state index contributed by atoms with van der Waals surface area (Å²) in [5.41, 5.74) is -0.111. The van der Waals surface area contributed by atoms with Crippen molar-refractivity contribution < 1.29 is 23.4 Å². The van der Waals surface area contributed by atoms with E-state index in [1.165, 1.54) is 26.4 Å². The van der Waals surface area contributed by atoms with Crippen molar-refractivity contribution >= 4 is 0 Å². The molecule has 1 aromatic heterocycles. The number of methoxy groups -OCH3 is 2. The Bertz CT molecular complexity index is 897. The molecule has 1 aromatic carbocycles. The summed E-state index contributed by atoms with van der Waals surface area (Å²) in [5.74, 6) is -0.597. The molecule has 29 heavy (non-hydrogen) atoms. The van der Waals surface area contributed by atoms with E-state index in [-0.39, 0.29) is 17.8 Å². The minimum absolute atomic E-state index is 0.0503. The molecule has 3 atom stereocenters. The van der Waals surface area contributed by atoms with Gasteiger partial charge in [0, 0.05) is 43.4 Å². The van der Waals surface area contributed by atoms with Crippen LogP contribution in [0.15, 0.2) is 24.4 Å². The molecule has 1 aliphatic heterocycles. The average Bonchev–Trinajstić information content (AvgIpc) is 3.14. The predicted octanol–water partition coefficient (Wildman–Crippen LogP) is 2.89. The molecule has 2 heterocycles. The summed E-state index contributed by atoms with van der Waals surface area (Å²) in [7, 11) is 2.98. The van der Waals surface area contributed by atoms with Gasteiger partial charge in [0.25, 0.3) is 0 Å². The number of benzene rings is 1. The Morgan fingerprint density at radius 3 is 2.79 bits per heavy atom. The average molecular weight is 405 g/mol. The fourth-order valence-electron chi connectivity index (χ4n) is 4.87. The highest BCUT2D eigenvalue weighted by Crippen LogP contribution is 2.50. The van der Waals surface area contributed by atoms with E-state index in [1.807, 2.05) is 0 Å². The first kappa shape index (κ1) is 20.0. The number of likely N-dealkylation sites (tertiary alicyclic amines) is 1. The minimum Gasteiger partial charge on any atom is -0.481 e. The summed E-state index contributed by atoms with van der Waals surface area (Å²) in [6.07, 6.45) is 4.02. The number of rotatable bonds is 5. The summed E-state index contributed by atoms with van der Waals surface area (Å²) in [4.78, 5) is 10.5. The summed E-state index contributed by atoms with van der Waals surface area (Å²) in [6, 6.07) is 3.85. The van der Waals surface area contributed by atoms with E-state index in [0.29, 0.717) is 36.5 Å². The van der Waals surface area contributed by atoms with Gasteiger partial charge >= 0.3 is 6.01 Å². The van der Waals surface area contributed by atoms with Crippen LogP contribution in [0.3, 0.4) is 0 Å². The van der Waals surface area contributed by atoms with Crippen molar-refractivity contribution in [2.24, 2.45) is 11.8 Å². The molecule has 2 aromatic rings. The zero-order valence-electron chi connectivity index (χ0n) is 16.6. The lowest BCUT2D eigenvalue weighted by Gasteiger charge is -2.41. The van der Waals surface area contributed by atoms with Crippen LogP contribution >= 0.6 is 0 Å². The van der Waals surface area contributed by atoms with Crippen LogP contribution < -0.4 is 9.47 Å². The van der Waals surface area contributed by atoms with Crippen LogP contribution in [0.1, 0.15) is 30.4 Å². The van der Waals surface area contributed by atoms with Crippen molar-refractivity contribution in [1.29, 1.82) is 0 Å². The van der Waals surface area contributed by atoms with E-state index in [4.69, 9.17) is 9.47 Å². The lowest BCUT2D eigenvalue weighted by Crippen LogP contribution is -2.43. The van der Waals surface area contributed by atoms with Crippen molar-refractivity contribution in [1.82, 2.24) is 14.9 Å². The Morgan fingerprint density at radius 2 is 2.07 bits per heavy atom. The normalized spacial score (nSPS) is 26.9. The molecule has 6 nitrogen and oxygen atoms in total. The van der Waals surface area contributed by atoms with Gasteiger partial charge < -0.3 is 14.6 Å². The number of halogens is 2. The summed E-state index contributed by atoms with van der Waals surface area (Å²) < 4.78 is 37.8. The quantitative estimate of drug-likeness (QED) is 0.825. The molecule has 1 N–H and O–H groups in total. The molecule has 0 bridgehead atoms. The van der Waals surface area contributed by atoms with E-state index >= 15 is 0 Å².